The zero-order chi connectivity index (χ0) is 10.6. The van der Waals surface area contributed by atoms with Crippen LogP contribution in [-0.2, 0) is 0 Å². The lowest BCUT2D eigenvalue weighted by atomic mass is 9.84. The molecule has 0 amide bonds. The van der Waals surface area contributed by atoms with Crippen LogP contribution in [-0.4, -0.2) is 46.7 Å². The summed E-state index contributed by atoms with van der Waals surface area (Å²) in [6.45, 7) is 2.47. The number of unbranched alkanes of at least 4 members (excludes halogenated alkanes) is 1. The Bertz CT molecular complexity index is 163. The predicted octanol–water partition coefficient (Wildman–Crippen LogP) is -0.521. The van der Waals surface area contributed by atoms with Crippen molar-refractivity contribution in [1.82, 2.24) is 5.32 Å². The average Bonchev–Trinajstić information content (AvgIpc) is 2.20. The van der Waals surface area contributed by atoms with E-state index in [-0.39, 0.29) is 18.6 Å². The summed E-state index contributed by atoms with van der Waals surface area (Å²) in [6.07, 6.45) is 1.60. The Labute approximate surface area is 85.0 Å². The van der Waals surface area contributed by atoms with Crippen LogP contribution in [0.5, 0.6) is 0 Å². The van der Waals surface area contributed by atoms with Gasteiger partial charge in [-0.3, -0.25) is 0 Å². The SMILES string of the molecule is CCCC[C@H]1NC[C@@H](O)[C@H](O)[C@H]1CO. The molecule has 4 atom stereocenters. The fourth-order valence-electron chi connectivity index (χ4n) is 2.04. The van der Waals surface area contributed by atoms with Gasteiger partial charge >= 0.3 is 0 Å². The van der Waals surface area contributed by atoms with Gasteiger partial charge in [-0.05, 0) is 6.42 Å². The molecule has 0 radical (unpaired) electrons. The second-order valence-electron chi connectivity index (χ2n) is 4.06. The highest BCUT2D eigenvalue weighted by Gasteiger charge is 2.36. The summed E-state index contributed by atoms with van der Waals surface area (Å²) >= 11 is 0. The van der Waals surface area contributed by atoms with E-state index in [0.29, 0.717) is 6.54 Å². The first kappa shape index (κ1) is 11.9. The van der Waals surface area contributed by atoms with Crippen LogP contribution in [0.4, 0.5) is 0 Å². The number of aliphatic hydroxyl groups is 3. The minimum atomic E-state index is -0.789. The Morgan fingerprint density at radius 3 is 2.64 bits per heavy atom. The summed E-state index contributed by atoms with van der Waals surface area (Å²) in [7, 11) is 0. The molecule has 4 N–H and O–H groups in total. The number of aliphatic hydroxyl groups excluding tert-OH is 3. The highest BCUT2D eigenvalue weighted by Crippen LogP contribution is 2.21. The Morgan fingerprint density at radius 1 is 1.36 bits per heavy atom. The van der Waals surface area contributed by atoms with E-state index in [0.717, 1.165) is 19.3 Å². The maximum atomic E-state index is 9.66. The molecule has 1 aliphatic rings. The van der Waals surface area contributed by atoms with E-state index in [2.05, 4.69) is 12.2 Å². The zero-order valence-electron chi connectivity index (χ0n) is 8.69. The van der Waals surface area contributed by atoms with E-state index in [9.17, 15) is 10.2 Å². The number of hydrogen-bond acceptors (Lipinski definition) is 4. The summed E-state index contributed by atoms with van der Waals surface area (Å²) in [5.41, 5.74) is 0. The lowest BCUT2D eigenvalue weighted by Crippen LogP contribution is -2.57. The van der Waals surface area contributed by atoms with E-state index in [4.69, 9.17) is 5.11 Å². The lowest BCUT2D eigenvalue weighted by molar-refractivity contribution is -0.0679. The third kappa shape index (κ3) is 2.67. The fourth-order valence-corrected chi connectivity index (χ4v) is 2.04. The first-order chi connectivity index (χ1) is 6.70. The Kier molecular flexibility index (Phi) is 4.81. The molecule has 0 aromatic heterocycles. The molecule has 4 nitrogen and oxygen atoms in total. The molecule has 1 saturated heterocycles. The maximum Gasteiger partial charge on any atom is 0.0927 e. The van der Waals surface area contributed by atoms with Crippen LogP contribution in [0.15, 0.2) is 0 Å². The summed E-state index contributed by atoms with van der Waals surface area (Å²) < 4.78 is 0. The molecule has 0 bridgehead atoms. The van der Waals surface area contributed by atoms with Gasteiger partial charge in [0.1, 0.15) is 0 Å². The van der Waals surface area contributed by atoms with Gasteiger partial charge in [-0.1, -0.05) is 19.8 Å². The largest absolute Gasteiger partial charge is 0.396 e. The van der Waals surface area contributed by atoms with Crippen LogP contribution < -0.4 is 5.32 Å². The van der Waals surface area contributed by atoms with Gasteiger partial charge in [0.15, 0.2) is 0 Å². The van der Waals surface area contributed by atoms with Gasteiger partial charge < -0.3 is 20.6 Å². The first-order valence-electron chi connectivity index (χ1n) is 5.41. The monoisotopic (exact) mass is 203 g/mol. The Hall–Kier alpha value is -0.160. The van der Waals surface area contributed by atoms with Crippen LogP contribution in [0.2, 0.25) is 0 Å². The van der Waals surface area contributed by atoms with Crippen molar-refractivity contribution in [3.63, 3.8) is 0 Å². The van der Waals surface area contributed by atoms with Gasteiger partial charge in [0.25, 0.3) is 0 Å². The summed E-state index contributed by atoms with van der Waals surface area (Å²) in [4.78, 5) is 0. The van der Waals surface area contributed by atoms with Crippen LogP contribution in [0.1, 0.15) is 26.2 Å². The molecule has 0 spiro atoms. The normalized spacial score (nSPS) is 38.6. The topological polar surface area (TPSA) is 72.7 Å². The zero-order valence-corrected chi connectivity index (χ0v) is 8.69. The molecule has 1 aliphatic heterocycles. The molecule has 1 heterocycles. The van der Waals surface area contributed by atoms with Crippen molar-refractivity contribution in [2.24, 2.45) is 5.92 Å². The molecule has 84 valence electrons. The van der Waals surface area contributed by atoms with E-state index in [1.807, 2.05) is 0 Å². The van der Waals surface area contributed by atoms with Crippen LogP contribution >= 0.6 is 0 Å². The third-order valence-electron chi connectivity index (χ3n) is 3.02. The molecule has 4 heteroatoms. The molecular weight excluding hydrogens is 182 g/mol. The van der Waals surface area contributed by atoms with Crippen molar-refractivity contribution in [2.75, 3.05) is 13.2 Å². The second-order valence-corrected chi connectivity index (χ2v) is 4.06. The fraction of sp³-hybridized carbons (Fsp3) is 1.00. The Morgan fingerprint density at radius 2 is 2.07 bits per heavy atom. The standard InChI is InChI=1S/C10H21NO3/c1-2-3-4-8-7(6-12)10(14)9(13)5-11-8/h7-14H,2-6H2,1H3/t7-,8+,9+,10+/m0/s1. The molecule has 1 fully saturated rings. The highest BCUT2D eigenvalue weighted by molar-refractivity contribution is 4.91. The summed E-state index contributed by atoms with van der Waals surface area (Å²) in [6, 6.07) is 0.137. The smallest absolute Gasteiger partial charge is 0.0927 e. The van der Waals surface area contributed by atoms with Gasteiger partial charge in [0, 0.05) is 25.1 Å². The van der Waals surface area contributed by atoms with Crippen molar-refractivity contribution < 1.29 is 15.3 Å². The summed E-state index contributed by atoms with van der Waals surface area (Å²) in [5, 5.41) is 31.4. The van der Waals surface area contributed by atoms with Gasteiger partial charge in [-0.15, -0.1) is 0 Å². The van der Waals surface area contributed by atoms with E-state index in [1.54, 1.807) is 0 Å². The molecule has 1 rings (SSSR count). The number of rotatable bonds is 4. The number of nitrogens with one attached hydrogen (secondary N) is 1. The third-order valence-corrected chi connectivity index (χ3v) is 3.02. The van der Waals surface area contributed by atoms with Gasteiger partial charge in [-0.2, -0.15) is 0 Å². The van der Waals surface area contributed by atoms with Crippen molar-refractivity contribution in [3.8, 4) is 0 Å². The molecule has 0 saturated carbocycles. The quantitative estimate of drug-likeness (QED) is 0.496. The number of piperidine rings is 1. The molecule has 14 heavy (non-hydrogen) atoms. The van der Waals surface area contributed by atoms with Gasteiger partial charge in [0.05, 0.1) is 12.2 Å². The highest BCUT2D eigenvalue weighted by atomic mass is 16.3. The first-order valence-corrected chi connectivity index (χ1v) is 5.41. The molecular formula is C10H21NO3. The molecule has 0 aliphatic carbocycles. The van der Waals surface area contributed by atoms with E-state index in [1.165, 1.54) is 0 Å². The van der Waals surface area contributed by atoms with Crippen LogP contribution in [0.25, 0.3) is 0 Å². The van der Waals surface area contributed by atoms with Crippen molar-refractivity contribution >= 4 is 0 Å². The lowest BCUT2D eigenvalue weighted by Gasteiger charge is -2.38. The van der Waals surface area contributed by atoms with Crippen LogP contribution in [0.3, 0.4) is 0 Å². The summed E-state index contributed by atoms with van der Waals surface area (Å²) in [5.74, 6) is -0.231. The second kappa shape index (κ2) is 5.66. The van der Waals surface area contributed by atoms with E-state index < -0.39 is 12.2 Å². The van der Waals surface area contributed by atoms with Crippen molar-refractivity contribution in [2.45, 2.75) is 44.4 Å². The van der Waals surface area contributed by atoms with Gasteiger partial charge in [0.2, 0.25) is 0 Å². The minimum absolute atomic E-state index is 0.0698. The number of hydrogen-bond donors (Lipinski definition) is 4. The molecule has 0 unspecified atom stereocenters. The Balaban J connectivity index is 2.48. The van der Waals surface area contributed by atoms with Gasteiger partial charge in [-0.25, -0.2) is 0 Å². The molecule has 0 aromatic rings. The number of β-amino-alcohol motifs (C(OH)–C–C–N with tert-alkyl or cyclic N) is 1. The van der Waals surface area contributed by atoms with Crippen molar-refractivity contribution in [3.05, 3.63) is 0 Å². The van der Waals surface area contributed by atoms with E-state index >= 15 is 0 Å². The maximum absolute atomic E-state index is 9.66. The molecule has 0 aromatic carbocycles. The van der Waals surface area contributed by atoms with Crippen molar-refractivity contribution in [1.29, 1.82) is 0 Å². The average molecular weight is 203 g/mol. The van der Waals surface area contributed by atoms with Crippen LogP contribution in [0, 0.1) is 5.92 Å². The predicted molar refractivity (Wildman–Crippen MR) is 53.9 cm³/mol. The minimum Gasteiger partial charge on any atom is -0.396 e.